The van der Waals surface area contributed by atoms with Crippen molar-refractivity contribution in [2.24, 2.45) is 22.2 Å². The number of nitrogens with zero attached hydrogens (tertiary/aromatic N) is 1. The zero-order chi connectivity index (χ0) is 15.3. The lowest BCUT2D eigenvalue weighted by Crippen LogP contribution is -2.60. The van der Waals surface area contributed by atoms with Crippen LogP contribution in [0.15, 0.2) is 0 Å². The number of carbonyl (C=O) groups is 1. The number of hydrogen-bond acceptors (Lipinski definition) is 1. The molecule has 0 N–H and O–H groups in total. The molecule has 4 bridgehead atoms. The van der Waals surface area contributed by atoms with Crippen LogP contribution in [0.2, 0.25) is 0 Å². The van der Waals surface area contributed by atoms with Crippen LogP contribution in [0, 0.1) is 22.2 Å². The number of hydrogen-bond donors (Lipinski definition) is 0. The van der Waals surface area contributed by atoms with Crippen LogP contribution in [0.1, 0.15) is 65.7 Å². The minimum atomic E-state index is -0.0275. The molecule has 0 heterocycles. The smallest absolute Gasteiger partial charge is 0.228 e. The van der Waals surface area contributed by atoms with Gasteiger partial charge in [0, 0.05) is 18.4 Å². The summed E-state index contributed by atoms with van der Waals surface area (Å²) in [6, 6.07) is 0. The molecule has 0 aromatic heterocycles. The second-order valence-electron chi connectivity index (χ2n) is 8.89. The lowest BCUT2D eigenvalue weighted by Gasteiger charge is -2.65. The maximum Gasteiger partial charge on any atom is 0.228 e. The van der Waals surface area contributed by atoms with Gasteiger partial charge in [-0.15, -0.1) is 0 Å². The number of rotatable bonds is 5. The third kappa shape index (κ3) is 2.68. The van der Waals surface area contributed by atoms with Gasteiger partial charge in [0.25, 0.3) is 0 Å². The molecule has 2 nitrogen and oxygen atoms in total. The summed E-state index contributed by atoms with van der Waals surface area (Å²) in [6.45, 7) is 8.87. The molecule has 4 aliphatic carbocycles. The van der Waals surface area contributed by atoms with E-state index in [1.807, 2.05) is 0 Å². The summed E-state index contributed by atoms with van der Waals surface area (Å²) < 4.78 is 0. The van der Waals surface area contributed by atoms with Gasteiger partial charge in [0.15, 0.2) is 0 Å². The Bertz CT molecular complexity index is 411. The van der Waals surface area contributed by atoms with E-state index >= 15 is 0 Å². The first-order valence-corrected chi connectivity index (χ1v) is 9.81. The van der Waals surface area contributed by atoms with Crippen molar-refractivity contribution in [2.45, 2.75) is 65.7 Å². The Balaban J connectivity index is 1.88. The molecule has 1 amide bonds. The van der Waals surface area contributed by atoms with Crippen LogP contribution in [0.3, 0.4) is 0 Å². The SMILES string of the molecule is CCCN(CCBr)C(=O)C12CC3CC(C)(CC(C)(C3)C1)C2. The maximum atomic E-state index is 13.4. The van der Waals surface area contributed by atoms with Crippen LogP contribution in [0.5, 0.6) is 0 Å². The van der Waals surface area contributed by atoms with Gasteiger partial charge in [-0.3, -0.25) is 4.79 Å². The van der Waals surface area contributed by atoms with Crippen molar-refractivity contribution in [1.29, 1.82) is 0 Å². The average molecular weight is 356 g/mol. The average Bonchev–Trinajstić information content (AvgIpc) is 2.33. The van der Waals surface area contributed by atoms with E-state index in [0.717, 1.165) is 43.6 Å². The first-order valence-electron chi connectivity index (χ1n) is 8.69. The van der Waals surface area contributed by atoms with E-state index in [1.165, 1.54) is 25.7 Å². The summed E-state index contributed by atoms with van der Waals surface area (Å²) in [6.07, 6.45) is 8.60. The van der Waals surface area contributed by atoms with Crippen molar-refractivity contribution < 1.29 is 4.79 Å². The van der Waals surface area contributed by atoms with Crippen LogP contribution in [-0.4, -0.2) is 29.2 Å². The molecule has 4 aliphatic rings. The van der Waals surface area contributed by atoms with Crippen molar-refractivity contribution in [3.8, 4) is 0 Å². The van der Waals surface area contributed by atoms with Crippen molar-refractivity contribution >= 4 is 21.8 Å². The molecule has 0 aromatic rings. The van der Waals surface area contributed by atoms with E-state index in [0.29, 0.717) is 16.7 Å². The van der Waals surface area contributed by atoms with Crippen molar-refractivity contribution in [3.05, 3.63) is 0 Å². The topological polar surface area (TPSA) is 20.3 Å². The zero-order valence-corrected chi connectivity index (χ0v) is 15.5. The minimum Gasteiger partial charge on any atom is -0.341 e. The first kappa shape index (κ1) is 15.8. The van der Waals surface area contributed by atoms with Crippen LogP contribution in [0.25, 0.3) is 0 Å². The summed E-state index contributed by atoms with van der Waals surface area (Å²) in [4.78, 5) is 15.5. The molecule has 4 rings (SSSR count). The van der Waals surface area contributed by atoms with Gasteiger partial charge in [-0.25, -0.2) is 0 Å². The van der Waals surface area contributed by atoms with Gasteiger partial charge < -0.3 is 4.90 Å². The predicted molar refractivity (Wildman–Crippen MR) is 90.5 cm³/mol. The second kappa shape index (κ2) is 5.25. The third-order valence-corrected chi connectivity index (χ3v) is 6.57. The van der Waals surface area contributed by atoms with E-state index in [-0.39, 0.29) is 5.41 Å². The normalized spacial score (nSPS) is 44.1. The predicted octanol–water partition coefficient (Wildman–Crippen LogP) is 4.62. The Morgan fingerprint density at radius 3 is 2.19 bits per heavy atom. The Morgan fingerprint density at radius 1 is 1.10 bits per heavy atom. The highest BCUT2D eigenvalue weighted by Crippen LogP contribution is 2.69. The van der Waals surface area contributed by atoms with Gasteiger partial charge in [-0.1, -0.05) is 36.7 Å². The lowest BCUT2D eigenvalue weighted by atomic mass is 9.40. The van der Waals surface area contributed by atoms with E-state index in [9.17, 15) is 4.79 Å². The molecule has 21 heavy (non-hydrogen) atoms. The van der Waals surface area contributed by atoms with Crippen LogP contribution in [-0.2, 0) is 4.79 Å². The van der Waals surface area contributed by atoms with Crippen molar-refractivity contribution in [1.82, 2.24) is 4.90 Å². The van der Waals surface area contributed by atoms with E-state index in [1.54, 1.807) is 0 Å². The Morgan fingerprint density at radius 2 is 1.71 bits per heavy atom. The second-order valence-corrected chi connectivity index (χ2v) is 9.68. The molecule has 2 atom stereocenters. The summed E-state index contributed by atoms with van der Waals surface area (Å²) in [5, 5.41) is 0.896. The Kier molecular flexibility index (Phi) is 3.96. The largest absolute Gasteiger partial charge is 0.341 e. The molecule has 120 valence electrons. The molecule has 0 radical (unpaired) electrons. The zero-order valence-electron chi connectivity index (χ0n) is 13.9. The Labute approximate surface area is 138 Å². The molecular formula is C18H30BrNO. The van der Waals surface area contributed by atoms with Gasteiger partial charge >= 0.3 is 0 Å². The summed E-state index contributed by atoms with van der Waals surface area (Å²) in [7, 11) is 0. The first-order chi connectivity index (χ1) is 9.84. The highest BCUT2D eigenvalue weighted by Gasteiger charge is 2.63. The molecule has 0 saturated heterocycles. The molecule has 4 fully saturated rings. The third-order valence-electron chi connectivity index (χ3n) is 6.22. The van der Waals surface area contributed by atoms with E-state index < -0.39 is 0 Å². The molecule has 0 aliphatic heterocycles. The number of halogens is 1. The fourth-order valence-corrected chi connectivity index (χ4v) is 7.14. The van der Waals surface area contributed by atoms with Gasteiger partial charge in [-0.2, -0.15) is 0 Å². The Hall–Kier alpha value is -0.0500. The summed E-state index contributed by atoms with van der Waals surface area (Å²) in [5.41, 5.74) is 0.826. The monoisotopic (exact) mass is 355 g/mol. The van der Waals surface area contributed by atoms with Gasteiger partial charge in [0.1, 0.15) is 0 Å². The number of alkyl halides is 1. The van der Waals surface area contributed by atoms with Gasteiger partial charge in [0.05, 0.1) is 5.41 Å². The van der Waals surface area contributed by atoms with Crippen molar-refractivity contribution in [3.63, 3.8) is 0 Å². The van der Waals surface area contributed by atoms with Crippen LogP contribution < -0.4 is 0 Å². The van der Waals surface area contributed by atoms with Gasteiger partial charge in [0.2, 0.25) is 5.91 Å². The molecular weight excluding hydrogens is 326 g/mol. The van der Waals surface area contributed by atoms with E-state index in [2.05, 4.69) is 41.6 Å². The summed E-state index contributed by atoms with van der Waals surface area (Å²) >= 11 is 3.53. The van der Waals surface area contributed by atoms with Crippen LogP contribution in [0.4, 0.5) is 0 Å². The lowest BCUT2D eigenvalue weighted by molar-refractivity contribution is -0.179. The fraction of sp³-hybridized carbons (Fsp3) is 0.944. The summed E-state index contributed by atoms with van der Waals surface area (Å²) in [5.74, 6) is 1.28. The highest BCUT2D eigenvalue weighted by molar-refractivity contribution is 9.09. The molecule has 0 spiro atoms. The van der Waals surface area contributed by atoms with Gasteiger partial charge in [-0.05, 0) is 61.7 Å². The molecule has 0 aromatic carbocycles. The quantitative estimate of drug-likeness (QED) is 0.659. The number of carbonyl (C=O) groups excluding carboxylic acids is 1. The number of amides is 1. The fourth-order valence-electron chi connectivity index (χ4n) is 6.71. The molecule has 3 heteroatoms. The maximum absolute atomic E-state index is 13.4. The van der Waals surface area contributed by atoms with Crippen LogP contribution >= 0.6 is 15.9 Å². The molecule has 4 saturated carbocycles. The standard InChI is InChI=1S/C18H30BrNO/c1-4-6-20(7-5-19)15(21)18-10-14-8-16(2,12-18)11-17(3,9-14)13-18/h14H,4-13H2,1-3H3. The highest BCUT2D eigenvalue weighted by atomic mass is 79.9. The molecule has 2 unspecified atom stereocenters. The van der Waals surface area contributed by atoms with E-state index in [4.69, 9.17) is 0 Å². The van der Waals surface area contributed by atoms with Crippen molar-refractivity contribution in [2.75, 3.05) is 18.4 Å². The minimum absolute atomic E-state index is 0.0275.